The van der Waals surface area contributed by atoms with Crippen molar-refractivity contribution in [3.8, 4) is 0 Å². The number of carbonyl (C=O) groups excluding carboxylic acids is 1. The molecule has 1 saturated heterocycles. The molecule has 3 rings (SSSR count). The second-order valence-electron chi connectivity index (χ2n) is 5.55. The summed E-state index contributed by atoms with van der Waals surface area (Å²) in [5.74, 6) is 0.163. The molecule has 0 N–H and O–H groups in total. The standard InChI is InChI=1S/C15H20N4OS/c1-11-16-12(10-21-11)9-15(20)19-7-4-3-5-14(19)13-6-8-18(2)17-13/h6,8,10,14H,3-5,7,9H2,1-2H3/t14-/m1/s1. The van der Waals surface area contributed by atoms with Crippen molar-refractivity contribution in [3.05, 3.63) is 34.0 Å². The van der Waals surface area contributed by atoms with Gasteiger partial charge in [0, 0.05) is 25.2 Å². The molecule has 0 bridgehead atoms. The van der Waals surface area contributed by atoms with Crippen LogP contribution in [-0.2, 0) is 18.3 Å². The molecular formula is C15H20N4OS. The van der Waals surface area contributed by atoms with Crippen LogP contribution in [0.5, 0.6) is 0 Å². The Morgan fingerprint density at radius 3 is 3.00 bits per heavy atom. The minimum absolute atomic E-state index is 0.118. The molecule has 0 spiro atoms. The van der Waals surface area contributed by atoms with Crippen LogP contribution >= 0.6 is 11.3 Å². The van der Waals surface area contributed by atoms with Crippen molar-refractivity contribution in [1.82, 2.24) is 19.7 Å². The van der Waals surface area contributed by atoms with E-state index in [2.05, 4.69) is 10.1 Å². The number of likely N-dealkylation sites (tertiary alicyclic amines) is 1. The van der Waals surface area contributed by atoms with Gasteiger partial charge in [0.25, 0.3) is 0 Å². The van der Waals surface area contributed by atoms with E-state index < -0.39 is 0 Å². The molecule has 2 aromatic rings. The van der Waals surface area contributed by atoms with Crippen molar-refractivity contribution in [2.45, 2.75) is 38.6 Å². The lowest BCUT2D eigenvalue weighted by Gasteiger charge is -2.34. The summed E-state index contributed by atoms with van der Waals surface area (Å²) in [6.07, 6.45) is 5.56. The zero-order valence-corrected chi connectivity index (χ0v) is 13.3. The van der Waals surface area contributed by atoms with Crippen LogP contribution in [0.15, 0.2) is 17.6 Å². The van der Waals surface area contributed by atoms with Gasteiger partial charge in [0.05, 0.1) is 28.9 Å². The van der Waals surface area contributed by atoms with E-state index in [0.717, 1.165) is 42.2 Å². The highest BCUT2D eigenvalue weighted by Crippen LogP contribution is 2.30. The molecule has 0 saturated carbocycles. The predicted octanol–water partition coefficient (Wildman–Crippen LogP) is 2.48. The van der Waals surface area contributed by atoms with Gasteiger partial charge >= 0.3 is 0 Å². The van der Waals surface area contributed by atoms with Crippen LogP contribution in [0.4, 0.5) is 0 Å². The first-order valence-corrected chi connectivity index (χ1v) is 8.21. The van der Waals surface area contributed by atoms with E-state index >= 15 is 0 Å². The van der Waals surface area contributed by atoms with Gasteiger partial charge in [-0.15, -0.1) is 11.3 Å². The van der Waals surface area contributed by atoms with Crippen molar-refractivity contribution in [1.29, 1.82) is 0 Å². The first kappa shape index (κ1) is 14.3. The van der Waals surface area contributed by atoms with Crippen LogP contribution in [0.1, 0.15) is 41.7 Å². The first-order valence-electron chi connectivity index (χ1n) is 7.33. The Morgan fingerprint density at radius 2 is 2.33 bits per heavy atom. The Balaban J connectivity index is 1.75. The van der Waals surface area contributed by atoms with Gasteiger partial charge in [-0.3, -0.25) is 9.48 Å². The Morgan fingerprint density at radius 1 is 1.48 bits per heavy atom. The summed E-state index contributed by atoms with van der Waals surface area (Å²) in [5.41, 5.74) is 1.88. The number of hydrogen-bond donors (Lipinski definition) is 0. The van der Waals surface area contributed by atoms with Crippen LogP contribution in [0.2, 0.25) is 0 Å². The minimum atomic E-state index is 0.118. The van der Waals surface area contributed by atoms with E-state index in [0.29, 0.717) is 6.42 Å². The fraction of sp³-hybridized carbons (Fsp3) is 0.533. The third-order valence-electron chi connectivity index (χ3n) is 3.90. The molecule has 5 nitrogen and oxygen atoms in total. The van der Waals surface area contributed by atoms with Gasteiger partial charge in [-0.25, -0.2) is 4.98 Å². The molecule has 0 unspecified atom stereocenters. The van der Waals surface area contributed by atoms with E-state index in [1.165, 1.54) is 0 Å². The Bertz CT molecular complexity index is 633. The minimum Gasteiger partial charge on any atom is -0.334 e. The number of hydrogen-bond acceptors (Lipinski definition) is 4. The van der Waals surface area contributed by atoms with Crippen molar-refractivity contribution in [2.75, 3.05) is 6.54 Å². The fourth-order valence-corrected chi connectivity index (χ4v) is 3.51. The fourth-order valence-electron chi connectivity index (χ4n) is 2.89. The zero-order valence-electron chi connectivity index (χ0n) is 12.5. The third-order valence-corrected chi connectivity index (χ3v) is 4.72. The normalized spacial score (nSPS) is 19.0. The number of piperidine rings is 1. The Kier molecular flexibility index (Phi) is 4.05. The molecule has 6 heteroatoms. The van der Waals surface area contributed by atoms with Crippen LogP contribution in [0, 0.1) is 6.92 Å². The van der Waals surface area contributed by atoms with Crippen LogP contribution in [0.3, 0.4) is 0 Å². The van der Waals surface area contributed by atoms with Crippen LogP contribution < -0.4 is 0 Å². The Labute approximate surface area is 128 Å². The van der Waals surface area contributed by atoms with Gasteiger partial charge in [0.2, 0.25) is 5.91 Å². The number of nitrogens with zero attached hydrogens (tertiary/aromatic N) is 4. The van der Waals surface area contributed by atoms with Gasteiger partial charge in [0.1, 0.15) is 0 Å². The molecule has 1 aliphatic rings. The number of carbonyl (C=O) groups is 1. The van der Waals surface area contributed by atoms with Crippen molar-refractivity contribution < 1.29 is 4.79 Å². The van der Waals surface area contributed by atoms with Crippen molar-refractivity contribution >= 4 is 17.2 Å². The molecule has 112 valence electrons. The molecule has 0 radical (unpaired) electrons. The third kappa shape index (κ3) is 3.15. The summed E-state index contributed by atoms with van der Waals surface area (Å²) in [5, 5.41) is 7.48. The molecule has 0 aromatic carbocycles. The van der Waals surface area contributed by atoms with Crippen molar-refractivity contribution in [3.63, 3.8) is 0 Å². The Hall–Kier alpha value is -1.69. The lowest BCUT2D eigenvalue weighted by atomic mass is 9.99. The zero-order chi connectivity index (χ0) is 14.8. The molecule has 2 aromatic heterocycles. The average molecular weight is 304 g/mol. The number of aryl methyl sites for hydroxylation is 2. The van der Waals surface area contributed by atoms with E-state index in [-0.39, 0.29) is 11.9 Å². The monoisotopic (exact) mass is 304 g/mol. The predicted molar refractivity (Wildman–Crippen MR) is 82.1 cm³/mol. The van der Waals surface area contributed by atoms with Gasteiger partial charge in [-0.1, -0.05) is 0 Å². The number of thiazole rings is 1. The summed E-state index contributed by atoms with van der Waals surface area (Å²) >= 11 is 1.60. The smallest absolute Gasteiger partial charge is 0.229 e. The summed E-state index contributed by atoms with van der Waals surface area (Å²) in [6, 6.07) is 2.13. The summed E-state index contributed by atoms with van der Waals surface area (Å²) < 4.78 is 1.80. The molecule has 0 aliphatic carbocycles. The maximum Gasteiger partial charge on any atom is 0.229 e. The van der Waals surface area contributed by atoms with E-state index in [1.807, 2.05) is 36.5 Å². The molecule has 1 aliphatic heterocycles. The van der Waals surface area contributed by atoms with E-state index in [4.69, 9.17) is 0 Å². The number of rotatable bonds is 3. The molecule has 3 heterocycles. The van der Waals surface area contributed by atoms with Crippen molar-refractivity contribution in [2.24, 2.45) is 7.05 Å². The molecule has 21 heavy (non-hydrogen) atoms. The van der Waals surface area contributed by atoms with Crippen LogP contribution in [0.25, 0.3) is 0 Å². The van der Waals surface area contributed by atoms with Gasteiger partial charge in [0.15, 0.2) is 0 Å². The van der Waals surface area contributed by atoms with E-state index in [9.17, 15) is 4.79 Å². The summed E-state index contributed by atoms with van der Waals surface area (Å²) in [4.78, 5) is 19.0. The largest absolute Gasteiger partial charge is 0.334 e. The first-order chi connectivity index (χ1) is 10.1. The maximum atomic E-state index is 12.6. The second-order valence-corrected chi connectivity index (χ2v) is 6.61. The average Bonchev–Trinajstić information content (AvgIpc) is 3.07. The summed E-state index contributed by atoms with van der Waals surface area (Å²) in [7, 11) is 1.91. The quantitative estimate of drug-likeness (QED) is 0.875. The van der Waals surface area contributed by atoms with E-state index in [1.54, 1.807) is 16.0 Å². The highest BCUT2D eigenvalue weighted by Gasteiger charge is 2.29. The van der Waals surface area contributed by atoms with Gasteiger partial charge < -0.3 is 4.90 Å². The second kappa shape index (κ2) is 5.97. The topological polar surface area (TPSA) is 51.0 Å². The van der Waals surface area contributed by atoms with Crippen LogP contribution in [-0.4, -0.2) is 32.1 Å². The maximum absolute atomic E-state index is 12.6. The number of amides is 1. The summed E-state index contributed by atoms with van der Waals surface area (Å²) in [6.45, 7) is 2.79. The number of aromatic nitrogens is 3. The SMILES string of the molecule is Cc1nc(CC(=O)N2CCCC[C@@H]2c2ccn(C)n2)cs1. The molecule has 1 fully saturated rings. The molecular weight excluding hydrogens is 284 g/mol. The highest BCUT2D eigenvalue weighted by atomic mass is 32.1. The highest BCUT2D eigenvalue weighted by molar-refractivity contribution is 7.09. The lowest BCUT2D eigenvalue weighted by molar-refractivity contribution is -0.134. The van der Waals surface area contributed by atoms with Gasteiger partial charge in [-0.05, 0) is 32.3 Å². The molecule has 1 amide bonds. The van der Waals surface area contributed by atoms with Gasteiger partial charge in [-0.2, -0.15) is 5.10 Å². The molecule has 1 atom stereocenters. The lowest BCUT2D eigenvalue weighted by Crippen LogP contribution is -2.39.